The number of amides is 6. The molecule has 0 aliphatic carbocycles. The highest BCUT2D eigenvalue weighted by molar-refractivity contribution is 6.22. The number of carbonyl (C=O) groups is 3. The molecule has 0 aliphatic heterocycles. The van der Waals surface area contributed by atoms with E-state index in [4.69, 9.17) is 33.3 Å². The van der Waals surface area contributed by atoms with E-state index in [0.717, 1.165) is 0 Å². The lowest BCUT2D eigenvalue weighted by atomic mass is 10.1. The van der Waals surface area contributed by atoms with Crippen LogP contribution in [0.1, 0.15) is 0 Å². The van der Waals surface area contributed by atoms with Crippen LogP contribution in [0.4, 0.5) is 31.4 Å². The largest absolute Gasteiger partial charge is 0.454 e. The van der Waals surface area contributed by atoms with Gasteiger partial charge in [0.1, 0.15) is 11.3 Å². The zero-order chi connectivity index (χ0) is 19.9. The van der Waals surface area contributed by atoms with Gasteiger partial charge in [0.05, 0.1) is 16.8 Å². The van der Waals surface area contributed by atoms with E-state index in [1.54, 1.807) is 24.3 Å². The van der Waals surface area contributed by atoms with Crippen molar-refractivity contribution in [3.8, 4) is 0 Å². The van der Waals surface area contributed by atoms with Crippen LogP contribution >= 0.6 is 0 Å². The molecule has 0 aliphatic rings. The topological polar surface area (TPSA) is 213 Å². The zero-order valence-electron chi connectivity index (χ0n) is 13.8. The first kappa shape index (κ1) is 17.8. The van der Waals surface area contributed by atoms with E-state index < -0.39 is 18.1 Å². The van der Waals surface area contributed by atoms with Crippen molar-refractivity contribution in [1.82, 2.24) is 0 Å². The Morgan fingerprint density at radius 3 is 2.19 bits per heavy atom. The van der Waals surface area contributed by atoms with Gasteiger partial charge < -0.3 is 26.9 Å². The Labute approximate surface area is 151 Å². The highest BCUT2D eigenvalue weighted by atomic mass is 16.3. The maximum absolute atomic E-state index is 11.7. The molecule has 2 aromatic carbocycles. The molecule has 11 N–H and O–H groups in total. The lowest BCUT2D eigenvalue weighted by Crippen LogP contribution is -2.43. The first-order chi connectivity index (χ1) is 12.7. The SMILES string of the molecule is NC(=O)Nc1cc(N(N)C(N)=O)c2oc3ccccc3c2c1N(N)C(N)=O. The van der Waals surface area contributed by atoms with Gasteiger partial charge in [-0.3, -0.25) is 0 Å². The summed E-state index contributed by atoms with van der Waals surface area (Å²) in [4.78, 5) is 34.7. The van der Waals surface area contributed by atoms with Crippen molar-refractivity contribution < 1.29 is 18.8 Å². The molecule has 12 nitrogen and oxygen atoms in total. The molecule has 0 atom stereocenters. The molecule has 3 aromatic rings. The number of rotatable bonds is 3. The molecule has 1 heterocycles. The maximum Gasteiger partial charge on any atom is 0.333 e. The molecule has 0 saturated heterocycles. The summed E-state index contributed by atoms with van der Waals surface area (Å²) < 4.78 is 5.78. The van der Waals surface area contributed by atoms with Gasteiger partial charge in [-0.05, 0) is 12.1 Å². The molecule has 140 valence electrons. The minimum Gasteiger partial charge on any atom is -0.454 e. The third-order valence-corrected chi connectivity index (χ3v) is 3.83. The van der Waals surface area contributed by atoms with Crippen LogP contribution in [0.5, 0.6) is 0 Å². The average molecular weight is 372 g/mol. The van der Waals surface area contributed by atoms with E-state index in [1.807, 2.05) is 0 Å². The Kier molecular flexibility index (Phi) is 4.19. The Morgan fingerprint density at radius 2 is 1.59 bits per heavy atom. The van der Waals surface area contributed by atoms with Crippen molar-refractivity contribution in [2.24, 2.45) is 28.9 Å². The second-order valence-corrected chi connectivity index (χ2v) is 5.50. The molecular weight excluding hydrogens is 356 g/mol. The van der Waals surface area contributed by atoms with Gasteiger partial charge in [0, 0.05) is 5.39 Å². The summed E-state index contributed by atoms with van der Waals surface area (Å²) in [6.07, 6.45) is 0. The Bertz CT molecular complexity index is 1090. The third kappa shape index (κ3) is 2.90. The van der Waals surface area contributed by atoms with Gasteiger partial charge in [0.25, 0.3) is 0 Å². The summed E-state index contributed by atoms with van der Waals surface area (Å²) in [6, 6.07) is 5.05. The fourth-order valence-electron chi connectivity index (χ4n) is 2.75. The number of hydrogen-bond acceptors (Lipinski definition) is 6. The number of nitrogens with zero attached hydrogens (tertiary/aromatic N) is 2. The highest BCUT2D eigenvalue weighted by Gasteiger charge is 2.27. The van der Waals surface area contributed by atoms with Gasteiger partial charge >= 0.3 is 18.1 Å². The van der Waals surface area contributed by atoms with Crippen LogP contribution < -0.4 is 44.2 Å². The molecule has 3 rings (SSSR count). The fraction of sp³-hybridized carbons (Fsp3) is 0. The van der Waals surface area contributed by atoms with Crippen LogP contribution in [0.3, 0.4) is 0 Å². The summed E-state index contributed by atoms with van der Waals surface area (Å²) in [7, 11) is 0. The molecule has 0 radical (unpaired) electrons. The minimum absolute atomic E-state index is 0.00266. The van der Waals surface area contributed by atoms with E-state index >= 15 is 0 Å². The first-order valence-electron chi connectivity index (χ1n) is 7.45. The van der Waals surface area contributed by atoms with Crippen LogP contribution in [-0.4, -0.2) is 18.1 Å². The van der Waals surface area contributed by atoms with E-state index in [9.17, 15) is 14.4 Å². The summed E-state index contributed by atoms with van der Waals surface area (Å²) in [5, 5.41) is 4.34. The number of primary amides is 3. The number of hydrazine groups is 2. The van der Waals surface area contributed by atoms with Crippen LogP contribution in [0.2, 0.25) is 0 Å². The number of anilines is 3. The third-order valence-electron chi connectivity index (χ3n) is 3.83. The molecule has 0 unspecified atom stereocenters. The molecule has 27 heavy (non-hydrogen) atoms. The van der Waals surface area contributed by atoms with Crippen molar-refractivity contribution in [3.05, 3.63) is 30.3 Å². The number of carbonyl (C=O) groups excluding carboxylic acids is 3. The standard InChI is InChI=1S/C15H16N8O4/c16-13(24)21-7-5-8(22(19)14(17)25)12-10(11(7)23(20)15(18)26)6-3-1-2-4-9(6)27-12/h1-5H,19-20H2,(H2,17,25)(H2,18,26)(H3,16,21,24). The van der Waals surface area contributed by atoms with Gasteiger partial charge in [0.2, 0.25) is 0 Å². The number of nitrogens with one attached hydrogen (secondary N) is 1. The Morgan fingerprint density at radius 1 is 0.963 bits per heavy atom. The summed E-state index contributed by atoms with van der Waals surface area (Å²) >= 11 is 0. The van der Waals surface area contributed by atoms with Gasteiger partial charge in [-0.2, -0.15) is 0 Å². The van der Waals surface area contributed by atoms with E-state index in [0.29, 0.717) is 21.0 Å². The van der Waals surface area contributed by atoms with Crippen molar-refractivity contribution in [2.45, 2.75) is 0 Å². The van der Waals surface area contributed by atoms with Gasteiger partial charge in [-0.25, -0.2) is 36.1 Å². The van der Waals surface area contributed by atoms with E-state index in [-0.39, 0.29) is 28.0 Å². The maximum atomic E-state index is 11.7. The van der Waals surface area contributed by atoms with Crippen molar-refractivity contribution in [2.75, 3.05) is 15.3 Å². The molecule has 6 amide bonds. The van der Waals surface area contributed by atoms with Crippen LogP contribution in [-0.2, 0) is 0 Å². The van der Waals surface area contributed by atoms with Crippen molar-refractivity contribution >= 4 is 57.1 Å². The molecular formula is C15H16N8O4. The Hall–Kier alpha value is -4.03. The molecule has 12 heteroatoms. The average Bonchev–Trinajstić information content (AvgIpc) is 2.98. The van der Waals surface area contributed by atoms with Gasteiger partial charge in [-0.1, -0.05) is 18.2 Å². The second-order valence-electron chi connectivity index (χ2n) is 5.50. The number of para-hydroxylation sites is 1. The van der Waals surface area contributed by atoms with Crippen LogP contribution in [0.15, 0.2) is 34.7 Å². The van der Waals surface area contributed by atoms with Gasteiger partial charge in [-0.15, -0.1) is 0 Å². The predicted octanol–water partition coefficient (Wildman–Crippen LogP) is 0.594. The molecule has 0 fully saturated rings. The van der Waals surface area contributed by atoms with E-state index in [1.165, 1.54) is 6.07 Å². The summed E-state index contributed by atoms with van der Waals surface area (Å²) in [5.41, 5.74) is 16.2. The van der Waals surface area contributed by atoms with Crippen LogP contribution in [0.25, 0.3) is 21.9 Å². The Balaban J connectivity index is 2.52. The lowest BCUT2D eigenvalue weighted by Gasteiger charge is -2.22. The molecule has 0 bridgehead atoms. The normalized spacial score (nSPS) is 10.7. The molecule has 1 aromatic heterocycles. The second kappa shape index (κ2) is 6.36. The minimum atomic E-state index is -1.01. The van der Waals surface area contributed by atoms with E-state index in [2.05, 4.69) is 5.32 Å². The van der Waals surface area contributed by atoms with Gasteiger partial charge in [0.15, 0.2) is 5.58 Å². The molecule has 0 saturated carbocycles. The number of fused-ring (bicyclic) bond motifs is 3. The summed E-state index contributed by atoms with van der Waals surface area (Å²) in [6.45, 7) is 0. The zero-order valence-corrected chi connectivity index (χ0v) is 13.8. The number of urea groups is 3. The smallest absolute Gasteiger partial charge is 0.333 e. The fourth-order valence-corrected chi connectivity index (χ4v) is 2.75. The van der Waals surface area contributed by atoms with Crippen molar-refractivity contribution in [3.63, 3.8) is 0 Å². The highest BCUT2D eigenvalue weighted by Crippen LogP contribution is 2.44. The van der Waals surface area contributed by atoms with Crippen molar-refractivity contribution in [1.29, 1.82) is 0 Å². The van der Waals surface area contributed by atoms with Crippen LogP contribution in [0, 0.1) is 0 Å². The number of nitrogens with two attached hydrogens (primary N) is 5. The predicted molar refractivity (Wildman–Crippen MR) is 99.4 cm³/mol. The quantitative estimate of drug-likeness (QED) is 0.220. The monoisotopic (exact) mass is 372 g/mol. The number of benzene rings is 2. The molecule has 0 spiro atoms. The number of hydrogen-bond donors (Lipinski definition) is 6. The number of furan rings is 1. The summed E-state index contributed by atoms with van der Waals surface area (Å²) in [5.74, 6) is 11.5. The first-order valence-corrected chi connectivity index (χ1v) is 7.45. The lowest BCUT2D eigenvalue weighted by molar-refractivity contribution is 0.253.